The lowest BCUT2D eigenvalue weighted by Gasteiger charge is -2.15. The van der Waals surface area contributed by atoms with Gasteiger partial charge in [0.1, 0.15) is 11.4 Å². The van der Waals surface area contributed by atoms with Crippen LogP contribution in [0.25, 0.3) is 10.8 Å². The first kappa shape index (κ1) is 22.5. The first-order valence-corrected chi connectivity index (χ1v) is 11.7. The van der Waals surface area contributed by atoms with E-state index in [-0.39, 0.29) is 17.4 Å². The van der Waals surface area contributed by atoms with Gasteiger partial charge in [-0.3, -0.25) is 0 Å². The lowest BCUT2D eigenvalue weighted by Crippen LogP contribution is -2.14. The van der Waals surface area contributed by atoms with Crippen LogP contribution in [0.5, 0.6) is 0 Å². The van der Waals surface area contributed by atoms with E-state index in [1.165, 1.54) is 18.2 Å². The molecular weight excluding hydrogens is 453 g/mol. The van der Waals surface area contributed by atoms with Crippen molar-refractivity contribution in [3.05, 3.63) is 84.1 Å². The summed E-state index contributed by atoms with van der Waals surface area (Å²) in [6.45, 7) is -0.0584. The third kappa shape index (κ3) is 5.23. The molecule has 4 aromatic rings. The Bertz CT molecular complexity index is 1420. The molecule has 0 radical (unpaired) electrons. The van der Waals surface area contributed by atoms with E-state index in [1.807, 2.05) is 36.4 Å². The topological polar surface area (TPSA) is 84.0 Å². The highest BCUT2D eigenvalue weighted by atomic mass is 32.2. The van der Waals surface area contributed by atoms with Crippen molar-refractivity contribution in [2.24, 2.45) is 0 Å². The number of fused-ring (bicyclic) bond motifs is 1. The monoisotopic (exact) mass is 472 g/mol. The molecule has 0 aliphatic carbocycles. The number of benzene rings is 3. The summed E-state index contributed by atoms with van der Waals surface area (Å²) in [6.07, 6.45) is -2.89. The number of nitrogens with zero attached hydrogens (tertiary/aromatic N) is 2. The van der Waals surface area contributed by atoms with Crippen LogP contribution in [0.15, 0.2) is 77.8 Å². The summed E-state index contributed by atoms with van der Waals surface area (Å²) in [4.78, 5) is 7.99. The lowest BCUT2D eigenvalue weighted by molar-refractivity contribution is -0.137. The Morgan fingerprint density at radius 1 is 0.970 bits per heavy atom. The number of alkyl halides is 3. The molecule has 1 aromatic heterocycles. The van der Waals surface area contributed by atoms with E-state index in [0.29, 0.717) is 11.3 Å². The van der Waals surface area contributed by atoms with E-state index in [4.69, 9.17) is 0 Å². The number of halogens is 3. The van der Waals surface area contributed by atoms with Crippen molar-refractivity contribution in [3.63, 3.8) is 0 Å². The molecule has 1 heterocycles. The van der Waals surface area contributed by atoms with Crippen molar-refractivity contribution >= 4 is 38.1 Å². The molecule has 0 aliphatic rings. The van der Waals surface area contributed by atoms with E-state index in [2.05, 4.69) is 20.6 Å². The minimum atomic E-state index is -4.67. The van der Waals surface area contributed by atoms with Crippen molar-refractivity contribution in [1.82, 2.24) is 9.97 Å². The number of anilines is 3. The maximum absolute atomic E-state index is 13.5. The van der Waals surface area contributed by atoms with Crippen LogP contribution in [0.1, 0.15) is 11.1 Å². The van der Waals surface area contributed by atoms with Crippen molar-refractivity contribution in [2.45, 2.75) is 17.6 Å². The summed E-state index contributed by atoms with van der Waals surface area (Å²) in [7, 11) is -3.44. The standard InChI is InChI=1S/C23H19F3N4O2S/c1-33(31,32)17-9-4-6-15(12-17)13-27-21-19(23(24,25)26)14-28-22(30-21)29-20-11-5-8-16-7-2-3-10-18(16)20/h2-12,14H,13H2,1H3,(H2,27,28,29,30). The molecule has 33 heavy (non-hydrogen) atoms. The van der Waals surface area contributed by atoms with Crippen LogP contribution < -0.4 is 10.6 Å². The average molecular weight is 472 g/mol. The third-order valence-electron chi connectivity index (χ3n) is 4.92. The number of hydrogen-bond donors (Lipinski definition) is 2. The van der Waals surface area contributed by atoms with Crippen LogP contribution in [0, 0.1) is 0 Å². The highest BCUT2D eigenvalue weighted by Gasteiger charge is 2.35. The maximum atomic E-state index is 13.5. The van der Waals surface area contributed by atoms with Gasteiger partial charge in [0.2, 0.25) is 5.95 Å². The second-order valence-corrected chi connectivity index (χ2v) is 9.39. The van der Waals surface area contributed by atoms with Crippen LogP contribution in [-0.4, -0.2) is 24.6 Å². The second kappa shape index (κ2) is 8.70. The number of nitrogens with one attached hydrogen (secondary N) is 2. The van der Waals surface area contributed by atoms with Crippen LogP contribution in [0.3, 0.4) is 0 Å². The van der Waals surface area contributed by atoms with Crippen molar-refractivity contribution in [3.8, 4) is 0 Å². The van der Waals surface area contributed by atoms with Crippen LogP contribution in [0.4, 0.5) is 30.6 Å². The third-order valence-corrected chi connectivity index (χ3v) is 6.03. The fraction of sp³-hybridized carbons (Fsp3) is 0.130. The summed E-state index contributed by atoms with van der Waals surface area (Å²) >= 11 is 0. The summed E-state index contributed by atoms with van der Waals surface area (Å²) in [5.41, 5.74) is 0.123. The number of hydrogen-bond acceptors (Lipinski definition) is 6. The molecule has 0 unspecified atom stereocenters. The van der Waals surface area contributed by atoms with Crippen molar-refractivity contribution in [1.29, 1.82) is 0 Å². The molecular formula is C23H19F3N4O2S. The first-order valence-electron chi connectivity index (χ1n) is 9.83. The zero-order chi connectivity index (χ0) is 23.6. The molecule has 0 fully saturated rings. The molecule has 2 N–H and O–H groups in total. The van der Waals surface area contributed by atoms with Gasteiger partial charge in [0, 0.05) is 30.1 Å². The Labute approximate surface area is 188 Å². The van der Waals surface area contributed by atoms with E-state index in [1.54, 1.807) is 12.1 Å². The van der Waals surface area contributed by atoms with Crippen LogP contribution in [0.2, 0.25) is 0 Å². The number of rotatable bonds is 6. The highest BCUT2D eigenvalue weighted by molar-refractivity contribution is 7.90. The van der Waals surface area contributed by atoms with Gasteiger partial charge in [-0.1, -0.05) is 48.5 Å². The Hall–Kier alpha value is -3.66. The van der Waals surface area contributed by atoms with Crippen LogP contribution in [-0.2, 0) is 22.6 Å². The Morgan fingerprint density at radius 2 is 1.70 bits per heavy atom. The first-order chi connectivity index (χ1) is 15.6. The second-order valence-electron chi connectivity index (χ2n) is 7.38. The van der Waals surface area contributed by atoms with E-state index >= 15 is 0 Å². The van der Waals surface area contributed by atoms with Crippen molar-refractivity contribution in [2.75, 3.05) is 16.9 Å². The maximum Gasteiger partial charge on any atom is 0.421 e. The Balaban J connectivity index is 1.65. The minimum absolute atomic E-state index is 0.00765. The minimum Gasteiger partial charge on any atom is -0.365 e. The molecule has 0 amide bonds. The zero-order valence-corrected chi connectivity index (χ0v) is 18.2. The van der Waals surface area contributed by atoms with Crippen LogP contribution >= 0.6 is 0 Å². The average Bonchev–Trinajstić information content (AvgIpc) is 2.77. The van der Waals surface area contributed by atoms with Gasteiger partial charge in [-0.05, 0) is 29.1 Å². The quantitative estimate of drug-likeness (QED) is 0.391. The fourth-order valence-corrected chi connectivity index (χ4v) is 4.00. The molecule has 4 rings (SSSR count). The predicted octanol–water partition coefficient (Wildman–Crippen LogP) is 5.41. The summed E-state index contributed by atoms with van der Waals surface area (Å²) in [5.74, 6) is -0.420. The van der Waals surface area contributed by atoms with Gasteiger partial charge in [-0.2, -0.15) is 18.2 Å². The van der Waals surface area contributed by atoms with Gasteiger partial charge in [0.15, 0.2) is 9.84 Å². The molecule has 0 bridgehead atoms. The van der Waals surface area contributed by atoms with Gasteiger partial charge in [-0.25, -0.2) is 13.4 Å². The smallest absolute Gasteiger partial charge is 0.365 e. The molecule has 3 aromatic carbocycles. The Morgan fingerprint density at radius 3 is 2.45 bits per heavy atom. The SMILES string of the molecule is CS(=O)(=O)c1cccc(CNc2nc(Nc3cccc4ccccc34)ncc2C(F)(F)F)c1. The summed E-state index contributed by atoms with van der Waals surface area (Å²) in [5, 5.41) is 7.48. The van der Waals surface area contributed by atoms with E-state index < -0.39 is 27.4 Å². The molecule has 0 saturated heterocycles. The molecule has 6 nitrogen and oxygen atoms in total. The largest absolute Gasteiger partial charge is 0.421 e. The van der Waals surface area contributed by atoms with Gasteiger partial charge >= 0.3 is 6.18 Å². The Kier molecular flexibility index (Phi) is 5.94. The van der Waals surface area contributed by atoms with Crippen molar-refractivity contribution < 1.29 is 21.6 Å². The molecule has 10 heteroatoms. The van der Waals surface area contributed by atoms with Gasteiger partial charge in [0.25, 0.3) is 0 Å². The molecule has 0 atom stereocenters. The molecule has 0 aliphatic heterocycles. The number of sulfone groups is 1. The summed E-state index contributed by atoms with van der Waals surface area (Å²) in [6, 6.07) is 19.1. The zero-order valence-electron chi connectivity index (χ0n) is 17.4. The molecule has 0 spiro atoms. The van der Waals surface area contributed by atoms with Gasteiger partial charge in [0.05, 0.1) is 4.90 Å². The fourth-order valence-electron chi connectivity index (χ4n) is 3.31. The number of aromatic nitrogens is 2. The molecule has 0 saturated carbocycles. The summed E-state index contributed by atoms with van der Waals surface area (Å²) < 4.78 is 64.1. The molecule has 170 valence electrons. The normalized spacial score (nSPS) is 12.0. The predicted molar refractivity (Wildman–Crippen MR) is 121 cm³/mol. The van der Waals surface area contributed by atoms with Gasteiger partial charge < -0.3 is 10.6 Å². The lowest BCUT2D eigenvalue weighted by atomic mass is 10.1. The van der Waals surface area contributed by atoms with E-state index in [9.17, 15) is 21.6 Å². The van der Waals surface area contributed by atoms with Gasteiger partial charge in [-0.15, -0.1) is 0 Å². The van der Waals surface area contributed by atoms with E-state index in [0.717, 1.165) is 23.2 Å². The highest BCUT2D eigenvalue weighted by Crippen LogP contribution is 2.35.